The van der Waals surface area contributed by atoms with Gasteiger partial charge in [0, 0.05) is 31.5 Å². The van der Waals surface area contributed by atoms with Gasteiger partial charge < -0.3 is 4.90 Å². The van der Waals surface area contributed by atoms with Gasteiger partial charge in [-0.3, -0.25) is 24.2 Å². The lowest BCUT2D eigenvalue weighted by atomic mass is 9.68. The van der Waals surface area contributed by atoms with Crippen LogP contribution in [-0.2, 0) is 24.4 Å². The van der Waals surface area contributed by atoms with Gasteiger partial charge in [0.25, 0.3) is 10.0 Å². The number of aliphatic imine (C=N–C) groups is 1. The minimum absolute atomic E-state index is 0.0426. The van der Waals surface area contributed by atoms with Crippen LogP contribution in [0.4, 0.5) is 17.1 Å². The molecule has 1 aliphatic carbocycles. The van der Waals surface area contributed by atoms with E-state index in [9.17, 15) is 27.6 Å². The fourth-order valence-corrected chi connectivity index (χ4v) is 7.46. The lowest BCUT2D eigenvalue weighted by Crippen LogP contribution is -2.46. The van der Waals surface area contributed by atoms with Crippen molar-refractivity contribution in [3.63, 3.8) is 0 Å². The molecule has 10 heteroatoms. The third kappa shape index (κ3) is 5.07. The number of hydrogen-bond donors (Lipinski definition) is 0. The Balaban J connectivity index is 1.63. The Morgan fingerprint density at radius 1 is 0.952 bits per heavy atom. The first-order valence-corrected chi connectivity index (χ1v) is 15.0. The summed E-state index contributed by atoms with van der Waals surface area (Å²) in [5, 5.41) is 0. The second kappa shape index (κ2) is 10.8. The van der Waals surface area contributed by atoms with Crippen molar-refractivity contribution in [3.05, 3.63) is 83.9 Å². The molecule has 2 atom stereocenters. The van der Waals surface area contributed by atoms with E-state index < -0.39 is 27.9 Å². The van der Waals surface area contributed by atoms with Gasteiger partial charge in [-0.1, -0.05) is 50.2 Å². The van der Waals surface area contributed by atoms with Crippen LogP contribution in [-0.4, -0.2) is 38.0 Å². The van der Waals surface area contributed by atoms with Crippen molar-refractivity contribution in [3.8, 4) is 0 Å². The van der Waals surface area contributed by atoms with E-state index in [1.165, 1.54) is 31.2 Å². The number of aldehydes is 1. The summed E-state index contributed by atoms with van der Waals surface area (Å²) in [6.45, 7) is 6.57. The predicted octanol–water partition coefficient (Wildman–Crippen LogP) is 5.43. The molecule has 216 valence electrons. The summed E-state index contributed by atoms with van der Waals surface area (Å²) < 4.78 is 28.1. The Bertz CT molecular complexity index is 1740. The van der Waals surface area contributed by atoms with Crippen LogP contribution >= 0.6 is 0 Å². The molecule has 0 aromatic heterocycles. The van der Waals surface area contributed by atoms with Gasteiger partial charge in [0.05, 0.1) is 33.9 Å². The molecule has 1 heterocycles. The van der Waals surface area contributed by atoms with E-state index in [4.69, 9.17) is 4.99 Å². The summed E-state index contributed by atoms with van der Waals surface area (Å²) in [4.78, 5) is 57.4. The molecular weight excluding hydrogens is 554 g/mol. The minimum atomic E-state index is -4.41. The summed E-state index contributed by atoms with van der Waals surface area (Å²) in [5.74, 6) is -1.83. The summed E-state index contributed by atoms with van der Waals surface area (Å²) in [5.41, 5.74) is 2.08. The Morgan fingerprint density at radius 3 is 2.24 bits per heavy atom. The summed E-state index contributed by atoms with van der Waals surface area (Å²) in [7, 11) is -4.41. The maximum absolute atomic E-state index is 13.7. The first-order valence-electron chi connectivity index (χ1n) is 13.5. The van der Waals surface area contributed by atoms with Crippen LogP contribution in [0, 0.1) is 11.3 Å². The van der Waals surface area contributed by atoms with Crippen LogP contribution in [0.2, 0.25) is 0 Å². The van der Waals surface area contributed by atoms with Gasteiger partial charge in [0.1, 0.15) is 5.78 Å². The van der Waals surface area contributed by atoms with Crippen molar-refractivity contribution >= 4 is 56.7 Å². The molecule has 0 N–H and O–H groups in total. The molecule has 5 rings (SSSR count). The quantitative estimate of drug-likeness (QED) is 0.368. The number of benzene rings is 3. The van der Waals surface area contributed by atoms with E-state index in [0.717, 1.165) is 6.92 Å². The van der Waals surface area contributed by atoms with Crippen molar-refractivity contribution in [1.29, 1.82) is 0 Å². The van der Waals surface area contributed by atoms with Gasteiger partial charge in [-0.25, -0.2) is 12.7 Å². The second-order valence-corrected chi connectivity index (χ2v) is 13.2. The maximum atomic E-state index is 13.7. The number of Topliss-reactive ketones (excluding diaryl/α,β-unsaturated/α-hetero) is 1. The summed E-state index contributed by atoms with van der Waals surface area (Å²) in [6.07, 6.45) is 1.37. The van der Waals surface area contributed by atoms with Gasteiger partial charge in [-0.2, -0.15) is 0 Å². The highest BCUT2D eigenvalue weighted by Crippen LogP contribution is 2.48. The minimum Gasteiger partial charge on any atom is -0.302 e. The fraction of sp³-hybridized carbons (Fsp3) is 0.281. The number of carbonyl (C=O) groups is 4. The molecule has 1 fully saturated rings. The first-order chi connectivity index (χ1) is 19.9. The fourth-order valence-electron chi connectivity index (χ4n) is 6.00. The van der Waals surface area contributed by atoms with Crippen LogP contribution < -0.4 is 9.21 Å². The SMILES string of the molecule is CC(=O)N1c2ccccc2N=C2CC(C)(C)CC(=O)C2C1c1ccc(S(=O)(=O)N(C(C)=O)c2ccccc2C=O)cc1. The number of sulfonamides is 1. The predicted molar refractivity (Wildman–Crippen MR) is 160 cm³/mol. The van der Waals surface area contributed by atoms with Crippen LogP contribution in [0.15, 0.2) is 82.7 Å². The standard InChI is InChI=1S/C32H31N3O6S/c1-20(37)34-28-12-8-6-10-25(28)33-26-17-32(3,4)18-29(39)30(26)31(34)22-13-15-24(16-14-22)42(40,41)35(21(2)38)27-11-7-5-9-23(27)19-36/h5-16,19,30-31H,17-18H2,1-4H3. The zero-order chi connectivity index (χ0) is 30.4. The number of ketones is 1. The molecule has 42 heavy (non-hydrogen) atoms. The monoisotopic (exact) mass is 585 g/mol. The average Bonchev–Trinajstić information content (AvgIpc) is 3.07. The molecule has 3 aromatic rings. The highest BCUT2D eigenvalue weighted by Gasteiger charge is 2.47. The third-order valence-electron chi connectivity index (χ3n) is 7.69. The number of carbonyl (C=O) groups excluding carboxylic acids is 4. The number of hydrogen-bond acceptors (Lipinski definition) is 7. The van der Waals surface area contributed by atoms with Gasteiger partial charge in [0.2, 0.25) is 11.8 Å². The first kappa shape index (κ1) is 29.1. The average molecular weight is 586 g/mol. The molecule has 1 saturated carbocycles. The molecule has 1 aliphatic heterocycles. The van der Waals surface area contributed by atoms with Gasteiger partial charge in [-0.15, -0.1) is 0 Å². The zero-order valence-electron chi connectivity index (χ0n) is 23.8. The summed E-state index contributed by atoms with van der Waals surface area (Å²) in [6, 6.07) is 18.2. The van der Waals surface area contributed by atoms with Crippen molar-refractivity contribution in [2.24, 2.45) is 16.3 Å². The second-order valence-electron chi connectivity index (χ2n) is 11.4. The Hall–Kier alpha value is -4.44. The zero-order valence-corrected chi connectivity index (χ0v) is 24.6. The Morgan fingerprint density at radius 2 is 1.60 bits per heavy atom. The Labute approximate surface area is 244 Å². The van der Waals surface area contributed by atoms with Crippen molar-refractivity contribution in [2.75, 3.05) is 9.21 Å². The summed E-state index contributed by atoms with van der Waals surface area (Å²) >= 11 is 0. The van der Waals surface area contributed by atoms with Crippen LogP contribution in [0.3, 0.4) is 0 Å². The molecule has 0 radical (unpaired) electrons. The Kier molecular flexibility index (Phi) is 7.44. The topological polar surface area (TPSA) is 121 Å². The number of amides is 2. The third-order valence-corrected chi connectivity index (χ3v) is 9.49. The smallest absolute Gasteiger partial charge is 0.270 e. The maximum Gasteiger partial charge on any atom is 0.270 e. The van der Waals surface area contributed by atoms with E-state index >= 15 is 0 Å². The molecule has 0 spiro atoms. The van der Waals surface area contributed by atoms with E-state index in [1.54, 1.807) is 41.3 Å². The van der Waals surface area contributed by atoms with Crippen LogP contribution in [0.5, 0.6) is 0 Å². The lowest BCUT2D eigenvalue weighted by molar-refractivity contribution is -0.125. The molecule has 3 aromatic carbocycles. The molecular formula is C32H31N3O6S. The normalized spacial score (nSPS) is 19.6. The highest BCUT2D eigenvalue weighted by molar-refractivity contribution is 7.93. The van der Waals surface area contributed by atoms with Crippen molar-refractivity contribution < 1.29 is 27.6 Å². The van der Waals surface area contributed by atoms with Crippen molar-refractivity contribution in [1.82, 2.24) is 0 Å². The lowest BCUT2D eigenvalue weighted by Gasteiger charge is -2.40. The van der Waals surface area contributed by atoms with Gasteiger partial charge in [0.15, 0.2) is 6.29 Å². The molecule has 0 saturated heterocycles. The van der Waals surface area contributed by atoms with Crippen LogP contribution in [0.1, 0.15) is 62.5 Å². The van der Waals surface area contributed by atoms with E-state index in [2.05, 4.69) is 0 Å². The molecule has 0 bridgehead atoms. The largest absolute Gasteiger partial charge is 0.302 e. The molecule has 2 aliphatic rings. The highest BCUT2D eigenvalue weighted by atomic mass is 32.2. The number of anilines is 2. The number of rotatable bonds is 5. The van der Waals surface area contributed by atoms with E-state index in [0.29, 0.717) is 46.1 Å². The van der Waals surface area contributed by atoms with Crippen molar-refractivity contribution in [2.45, 2.75) is 51.5 Å². The van der Waals surface area contributed by atoms with Gasteiger partial charge >= 0.3 is 0 Å². The molecule has 2 unspecified atom stereocenters. The number of fused-ring (bicyclic) bond motifs is 2. The number of para-hydroxylation sites is 3. The van der Waals surface area contributed by atoms with E-state index in [1.807, 2.05) is 26.0 Å². The van der Waals surface area contributed by atoms with Gasteiger partial charge in [-0.05, 0) is 53.8 Å². The van der Waals surface area contributed by atoms with E-state index in [-0.39, 0.29) is 33.3 Å². The number of nitrogens with zero attached hydrogens (tertiary/aromatic N) is 3. The van der Waals surface area contributed by atoms with Crippen LogP contribution in [0.25, 0.3) is 0 Å². The molecule has 9 nitrogen and oxygen atoms in total. The molecule has 2 amide bonds.